The highest BCUT2D eigenvalue weighted by Gasteiger charge is 2.40. The van der Waals surface area contributed by atoms with Crippen LogP contribution in [0.2, 0.25) is 0 Å². The first kappa shape index (κ1) is 36.2. The fraction of sp³-hybridized carbons (Fsp3) is 0.459. The van der Waals surface area contributed by atoms with Crippen LogP contribution in [0.5, 0.6) is 5.75 Å². The number of hydrogen-bond acceptors (Lipinski definition) is 7. The summed E-state index contributed by atoms with van der Waals surface area (Å²) in [5, 5.41) is 14.4. The number of morpholine rings is 1. The maximum Gasteiger partial charge on any atom is 0.410 e. The molecule has 0 bridgehead atoms. The van der Waals surface area contributed by atoms with E-state index in [-0.39, 0.29) is 49.5 Å². The van der Waals surface area contributed by atoms with Gasteiger partial charge in [0.1, 0.15) is 35.6 Å². The summed E-state index contributed by atoms with van der Waals surface area (Å²) in [6.45, 7) is 9.59. The van der Waals surface area contributed by atoms with Gasteiger partial charge in [-0.05, 0) is 61.9 Å². The van der Waals surface area contributed by atoms with Crippen molar-refractivity contribution in [3.05, 3.63) is 77.9 Å². The van der Waals surface area contributed by atoms with E-state index in [1.807, 2.05) is 56.3 Å². The van der Waals surface area contributed by atoms with Crippen LogP contribution >= 0.6 is 0 Å². The second kappa shape index (κ2) is 16.0. The number of carboxylic acid groups (broad SMARTS) is 1. The van der Waals surface area contributed by atoms with E-state index >= 15 is 0 Å². The number of aromatic carboxylic acids is 1. The molecule has 3 amide bonds. The topological polar surface area (TPSA) is 135 Å². The van der Waals surface area contributed by atoms with Crippen LogP contribution in [-0.2, 0) is 25.5 Å². The summed E-state index contributed by atoms with van der Waals surface area (Å²) in [6.07, 6.45) is 0.148. The molecule has 258 valence electrons. The highest BCUT2D eigenvalue weighted by molar-refractivity contribution is 6.06. The molecule has 0 aromatic heterocycles. The van der Waals surface area contributed by atoms with Crippen LogP contribution in [0.25, 0.3) is 10.8 Å². The summed E-state index contributed by atoms with van der Waals surface area (Å²) < 4.78 is 17.3. The molecule has 3 atom stereocenters. The number of likely N-dealkylation sites (N-methyl/N-ethyl adjacent to an activating group) is 1. The highest BCUT2D eigenvalue weighted by Crippen LogP contribution is 2.28. The van der Waals surface area contributed by atoms with Gasteiger partial charge in [-0.1, -0.05) is 74.5 Å². The van der Waals surface area contributed by atoms with Gasteiger partial charge < -0.3 is 29.5 Å². The van der Waals surface area contributed by atoms with Gasteiger partial charge in [0.25, 0.3) is 0 Å². The highest BCUT2D eigenvalue weighted by atomic mass is 16.6. The lowest BCUT2D eigenvalue weighted by Crippen LogP contribution is -2.61. The van der Waals surface area contributed by atoms with Gasteiger partial charge in [0, 0.05) is 13.6 Å². The molecule has 11 nitrogen and oxygen atoms in total. The summed E-state index contributed by atoms with van der Waals surface area (Å²) in [4.78, 5) is 56.2. The first-order valence-electron chi connectivity index (χ1n) is 16.3. The molecule has 1 aliphatic heterocycles. The molecular formula is C37H47N3O8. The van der Waals surface area contributed by atoms with Crippen LogP contribution in [-0.4, -0.2) is 95.9 Å². The molecule has 1 saturated heterocycles. The van der Waals surface area contributed by atoms with Crippen LogP contribution in [0.15, 0.2) is 66.7 Å². The number of amides is 3. The number of nitrogens with zero attached hydrogens (tertiary/aromatic N) is 2. The first-order chi connectivity index (χ1) is 22.7. The fourth-order valence-corrected chi connectivity index (χ4v) is 5.74. The number of fused-ring (bicyclic) bond motifs is 1. The Morgan fingerprint density at radius 3 is 2.38 bits per heavy atom. The molecule has 1 fully saturated rings. The van der Waals surface area contributed by atoms with Crippen LogP contribution < -0.4 is 10.1 Å². The molecule has 0 saturated carbocycles. The molecule has 11 heteroatoms. The number of nitrogens with one attached hydrogen (secondary N) is 1. The average molecular weight is 662 g/mol. The standard InChI is InChI=1S/C37H47N3O8/c1-24(2)20-29(39(6)36(45)48-37(3,4)5)34(42)40-18-19-46-23-30(40)33(41)38-27(21-25-12-8-7-9-13-25)22-47-31-17-16-26-14-10-11-15-28(26)32(31)35(43)44/h7-17,24,27,29-30H,18-23H2,1-6H3,(H,38,41)(H,43,44)/t27-,29+,30-/m1/s1. The van der Waals surface area contributed by atoms with Crippen molar-refractivity contribution in [2.75, 3.05) is 33.4 Å². The summed E-state index contributed by atoms with van der Waals surface area (Å²) in [6, 6.07) is 17.8. The van der Waals surface area contributed by atoms with Gasteiger partial charge in [0.15, 0.2) is 0 Å². The molecule has 0 radical (unpaired) electrons. The van der Waals surface area contributed by atoms with Crippen LogP contribution in [0.1, 0.15) is 57.0 Å². The Balaban J connectivity index is 1.57. The predicted octanol–water partition coefficient (Wildman–Crippen LogP) is 5.15. The third-order valence-electron chi connectivity index (χ3n) is 8.06. The van der Waals surface area contributed by atoms with Crippen molar-refractivity contribution in [1.29, 1.82) is 0 Å². The zero-order valence-electron chi connectivity index (χ0n) is 28.6. The van der Waals surface area contributed by atoms with E-state index in [0.29, 0.717) is 18.2 Å². The van der Waals surface area contributed by atoms with Gasteiger partial charge in [-0.25, -0.2) is 9.59 Å². The predicted molar refractivity (Wildman–Crippen MR) is 182 cm³/mol. The number of ether oxygens (including phenoxy) is 3. The Bertz CT molecular complexity index is 1590. The fourth-order valence-electron chi connectivity index (χ4n) is 5.74. The lowest BCUT2D eigenvalue weighted by molar-refractivity contribution is -0.152. The van der Waals surface area contributed by atoms with Gasteiger partial charge in [-0.15, -0.1) is 0 Å². The second-order valence-corrected chi connectivity index (χ2v) is 13.5. The number of rotatable bonds is 12. The molecule has 1 heterocycles. The van der Waals surface area contributed by atoms with E-state index in [1.165, 1.54) is 9.80 Å². The smallest absolute Gasteiger partial charge is 0.410 e. The van der Waals surface area contributed by atoms with Crippen LogP contribution in [0, 0.1) is 5.92 Å². The van der Waals surface area contributed by atoms with Gasteiger partial charge in [0.05, 0.1) is 19.3 Å². The third kappa shape index (κ3) is 9.47. The van der Waals surface area contributed by atoms with Crippen molar-refractivity contribution in [2.45, 2.75) is 71.2 Å². The third-order valence-corrected chi connectivity index (χ3v) is 8.06. The van der Waals surface area contributed by atoms with Crippen molar-refractivity contribution in [1.82, 2.24) is 15.1 Å². The molecule has 0 unspecified atom stereocenters. The van der Waals surface area contributed by atoms with Crippen molar-refractivity contribution < 1.29 is 38.5 Å². The molecule has 0 aliphatic carbocycles. The van der Waals surface area contributed by atoms with E-state index in [0.717, 1.165) is 10.9 Å². The Hall–Kier alpha value is -4.64. The van der Waals surface area contributed by atoms with Gasteiger partial charge in [-0.3, -0.25) is 14.5 Å². The van der Waals surface area contributed by atoms with Crippen molar-refractivity contribution in [3.63, 3.8) is 0 Å². The number of hydrogen-bond donors (Lipinski definition) is 2. The normalized spacial score (nSPS) is 16.2. The molecule has 2 N–H and O–H groups in total. The van der Waals surface area contributed by atoms with E-state index < -0.39 is 41.7 Å². The minimum absolute atomic E-state index is 0.0190. The molecule has 48 heavy (non-hydrogen) atoms. The zero-order valence-corrected chi connectivity index (χ0v) is 28.6. The van der Waals surface area contributed by atoms with E-state index in [2.05, 4.69) is 5.32 Å². The first-order valence-corrected chi connectivity index (χ1v) is 16.3. The van der Waals surface area contributed by atoms with E-state index in [9.17, 15) is 24.3 Å². The molecule has 3 aromatic rings. The second-order valence-electron chi connectivity index (χ2n) is 13.5. The Morgan fingerprint density at radius 2 is 1.71 bits per heavy atom. The largest absolute Gasteiger partial charge is 0.491 e. The quantitative estimate of drug-likeness (QED) is 0.272. The van der Waals surface area contributed by atoms with E-state index in [4.69, 9.17) is 14.2 Å². The maximum atomic E-state index is 14.1. The molecule has 4 rings (SSSR count). The zero-order chi connectivity index (χ0) is 35.0. The summed E-state index contributed by atoms with van der Waals surface area (Å²) in [5.41, 5.74) is 0.235. The number of benzene rings is 3. The monoisotopic (exact) mass is 661 g/mol. The SMILES string of the molecule is CC(C)C[C@@H](C(=O)N1CCOC[C@@H]1C(=O)N[C@@H](COc1ccc2ccccc2c1C(=O)O)Cc1ccccc1)N(C)C(=O)OC(C)(C)C. The van der Waals surface area contributed by atoms with Crippen LogP contribution in [0.4, 0.5) is 4.79 Å². The number of carbonyl (C=O) groups is 4. The average Bonchev–Trinajstić information content (AvgIpc) is 3.04. The van der Waals surface area contributed by atoms with Gasteiger partial charge in [0.2, 0.25) is 11.8 Å². The summed E-state index contributed by atoms with van der Waals surface area (Å²) >= 11 is 0. The summed E-state index contributed by atoms with van der Waals surface area (Å²) in [5.74, 6) is -1.65. The molecule has 1 aliphatic rings. The van der Waals surface area contributed by atoms with E-state index in [1.54, 1.807) is 52.1 Å². The lowest BCUT2D eigenvalue weighted by Gasteiger charge is -2.39. The van der Waals surface area contributed by atoms with Crippen molar-refractivity contribution in [3.8, 4) is 5.75 Å². The number of carboxylic acids is 1. The molecule has 0 spiro atoms. The molecular weight excluding hydrogens is 614 g/mol. The Labute approximate surface area is 282 Å². The van der Waals surface area contributed by atoms with Crippen LogP contribution in [0.3, 0.4) is 0 Å². The Kier molecular flexibility index (Phi) is 12.0. The lowest BCUT2D eigenvalue weighted by atomic mass is 10.00. The number of carbonyl (C=O) groups excluding carboxylic acids is 3. The molecule has 3 aromatic carbocycles. The van der Waals surface area contributed by atoms with Gasteiger partial charge >= 0.3 is 12.1 Å². The van der Waals surface area contributed by atoms with Gasteiger partial charge in [-0.2, -0.15) is 0 Å². The van der Waals surface area contributed by atoms with Crippen molar-refractivity contribution in [2.24, 2.45) is 5.92 Å². The Morgan fingerprint density at radius 1 is 1.02 bits per heavy atom. The maximum absolute atomic E-state index is 14.1. The minimum Gasteiger partial charge on any atom is -0.491 e. The van der Waals surface area contributed by atoms with Crippen molar-refractivity contribution >= 4 is 34.6 Å². The minimum atomic E-state index is -1.12. The summed E-state index contributed by atoms with van der Waals surface area (Å²) in [7, 11) is 1.54.